The number of aromatic nitrogens is 1. The van der Waals surface area contributed by atoms with Crippen molar-refractivity contribution in [2.24, 2.45) is 0 Å². The van der Waals surface area contributed by atoms with Crippen molar-refractivity contribution in [1.82, 2.24) is 15.2 Å². The average molecular weight is 340 g/mol. The minimum atomic E-state index is -0.726. The summed E-state index contributed by atoms with van der Waals surface area (Å²) in [5, 5.41) is 8.80. The number of anilines is 1. The maximum Gasteiger partial charge on any atom is 0.245 e. The summed E-state index contributed by atoms with van der Waals surface area (Å²) in [6.07, 6.45) is 3.33. The summed E-state index contributed by atoms with van der Waals surface area (Å²) < 4.78 is 4.98. The van der Waals surface area contributed by atoms with Crippen molar-refractivity contribution in [3.05, 3.63) is 11.6 Å². The van der Waals surface area contributed by atoms with Crippen molar-refractivity contribution >= 4 is 28.3 Å². The Bertz CT molecular complexity index is 513. The Hall–Kier alpha value is -1.67. The van der Waals surface area contributed by atoms with Crippen LogP contribution in [0.3, 0.4) is 0 Å². The van der Waals surface area contributed by atoms with Crippen LogP contribution in [0.4, 0.5) is 5.13 Å². The molecule has 2 N–H and O–H groups in total. The number of carbonyl (C=O) groups is 2. The topological polar surface area (TPSA) is 83.6 Å². The van der Waals surface area contributed by atoms with E-state index in [0.29, 0.717) is 45.5 Å². The molecule has 0 radical (unpaired) electrons. The van der Waals surface area contributed by atoms with E-state index in [1.165, 1.54) is 11.3 Å². The Morgan fingerprint density at radius 1 is 1.43 bits per heavy atom. The van der Waals surface area contributed by atoms with Gasteiger partial charge in [0, 0.05) is 44.7 Å². The van der Waals surface area contributed by atoms with Gasteiger partial charge in [-0.3, -0.25) is 9.59 Å². The molecule has 0 bridgehead atoms. The summed E-state index contributed by atoms with van der Waals surface area (Å²) >= 11 is 1.47. The molecule has 8 heteroatoms. The lowest BCUT2D eigenvalue weighted by Gasteiger charge is -2.41. The van der Waals surface area contributed by atoms with Crippen LogP contribution in [0, 0.1) is 0 Å². The Balaban J connectivity index is 2.06. The van der Waals surface area contributed by atoms with Crippen molar-refractivity contribution in [2.45, 2.75) is 31.7 Å². The van der Waals surface area contributed by atoms with Gasteiger partial charge in [0.05, 0.1) is 6.61 Å². The molecular formula is C15H24N4O3S. The first-order chi connectivity index (χ1) is 11.1. The summed E-state index contributed by atoms with van der Waals surface area (Å²) in [7, 11) is 1.60. The van der Waals surface area contributed by atoms with Gasteiger partial charge >= 0.3 is 0 Å². The third kappa shape index (κ3) is 4.42. The maximum absolute atomic E-state index is 12.7. The largest absolute Gasteiger partial charge is 0.383 e. The van der Waals surface area contributed by atoms with Crippen LogP contribution in [0.5, 0.6) is 0 Å². The van der Waals surface area contributed by atoms with Crippen LogP contribution in [0.2, 0.25) is 0 Å². The second-order valence-electron chi connectivity index (χ2n) is 5.53. The van der Waals surface area contributed by atoms with Gasteiger partial charge in [-0.15, -0.1) is 11.3 Å². The molecule has 23 heavy (non-hydrogen) atoms. The molecule has 0 saturated carbocycles. The van der Waals surface area contributed by atoms with Crippen molar-refractivity contribution in [2.75, 3.05) is 38.7 Å². The average Bonchev–Trinajstić information content (AvgIpc) is 3.07. The smallest absolute Gasteiger partial charge is 0.245 e. The van der Waals surface area contributed by atoms with E-state index in [9.17, 15) is 9.59 Å². The van der Waals surface area contributed by atoms with Gasteiger partial charge < -0.3 is 20.3 Å². The van der Waals surface area contributed by atoms with Crippen molar-refractivity contribution in [3.63, 3.8) is 0 Å². The number of hydrogen-bond acceptors (Lipinski definition) is 6. The first-order valence-corrected chi connectivity index (χ1v) is 8.72. The van der Waals surface area contributed by atoms with Crippen molar-refractivity contribution in [3.8, 4) is 0 Å². The quantitative estimate of drug-likeness (QED) is 0.726. The van der Waals surface area contributed by atoms with Crippen molar-refractivity contribution < 1.29 is 14.3 Å². The number of nitrogens with zero attached hydrogens (tertiary/aromatic N) is 2. The number of likely N-dealkylation sites (tertiary alicyclic amines) is 1. The maximum atomic E-state index is 12.7. The summed E-state index contributed by atoms with van der Waals surface area (Å²) in [5.41, 5.74) is -0.726. The van der Waals surface area contributed by atoms with E-state index in [1.54, 1.807) is 13.3 Å². The van der Waals surface area contributed by atoms with E-state index in [2.05, 4.69) is 15.6 Å². The number of hydrogen-bond donors (Lipinski definition) is 2. The zero-order valence-electron chi connectivity index (χ0n) is 13.6. The minimum absolute atomic E-state index is 0.0617. The molecule has 0 aromatic carbocycles. The van der Waals surface area contributed by atoms with Gasteiger partial charge in [-0.05, 0) is 12.8 Å². The van der Waals surface area contributed by atoms with Crippen LogP contribution >= 0.6 is 11.3 Å². The summed E-state index contributed by atoms with van der Waals surface area (Å²) in [4.78, 5) is 30.6. The molecule has 128 valence electrons. The normalized spacial score (nSPS) is 16.9. The molecule has 2 amide bonds. The van der Waals surface area contributed by atoms with Crippen LogP contribution in [0.1, 0.15) is 26.2 Å². The molecule has 1 aliphatic rings. The highest BCUT2D eigenvalue weighted by molar-refractivity contribution is 7.13. The molecule has 0 atom stereocenters. The van der Waals surface area contributed by atoms with E-state index in [4.69, 9.17) is 4.74 Å². The molecular weight excluding hydrogens is 316 g/mol. The third-order valence-corrected chi connectivity index (χ3v) is 4.77. The van der Waals surface area contributed by atoms with Gasteiger partial charge in [-0.25, -0.2) is 4.98 Å². The molecule has 1 saturated heterocycles. The van der Waals surface area contributed by atoms with E-state index in [0.717, 1.165) is 5.13 Å². The predicted molar refractivity (Wildman–Crippen MR) is 89.5 cm³/mol. The number of piperidine rings is 1. The second kappa shape index (κ2) is 8.26. The Labute approximate surface area is 140 Å². The number of carbonyl (C=O) groups excluding carboxylic acids is 2. The van der Waals surface area contributed by atoms with E-state index < -0.39 is 5.54 Å². The van der Waals surface area contributed by atoms with Gasteiger partial charge in [0.15, 0.2) is 5.13 Å². The van der Waals surface area contributed by atoms with Crippen LogP contribution < -0.4 is 10.6 Å². The lowest BCUT2D eigenvalue weighted by atomic mass is 9.86. The molecule has 0 spiro atoms. The molecule has 1 aromatic rings. The summed E-state index contributed by atoms with van der Waals surface area (Å²) in [5.74, 6) is 0.0704. The predicted octanol–water partition coefficient (Wildman–Crippen LogP) is 1.09. The molecule has 0 aliphatic carbocycles. The first-order valence-electron chi connectivity index (χ1n) is 7.84. The number of rotatable bonds is 7. The number of amides is 2. The summed E-state index contributed by atoms with van der Waals surface area (Å²) in [6, 6.07) is 0. The summed E-state index contributed by atoms with van der Waals surface area (Å²) in [6.45, 7) is 3.94. The van der Waals surface area contributed by atoms with Crippen LogP contribution in [-0.2, 0) is 14.3 Å². The zero-order chi connectivity index (χ0) is 16.7. The highest BCUT2D eigenvalue weighted by Gasteiger charge is 2.42. The SMILES string of the molecule is CCC(=O)N1CCC(Nc2nccs2)(C(=O)NCCOC)CC1. The Kier molecular flexibility index (Phi) is 6.35. The minimum Gasteiger partial charge on any atom is -0.383 e. The number of thiazole rings is 1. The molecule has 1 fully saturated rings. The lowest BCUT2D eigenvalue weighted by molar-refractivity contribution is -0.135. The van der Waals surface area contributed by atoms with Gasteiger partial charge in [0.1, 0.15) is 5.54 Å². The van der Waals surface area contributed by atoms with Gasteiger partial charge in [0.25, 0.3) is 0 Å². The van der Waals surface area contributed by atoms with Crippen LogP contribution in [-0.4, -0.2) is 60.6 Å². The number of ether oxygens (including phenoxy) is 1. The fraction of sp³-hybridized carbons (Fsp3) is 0.667. The van der Waals surface area contributed by atoms with Crippen LogP contribution in [0.15, 0.2) is 11.6 Å². The standard InChI is InChI=1S/C15H24N4O3S/c1-3-12(20)19-8-4-15(5-9-19,13(21)16-6-10-22-2)18-14-17-7-11-23-14/h7,11H,3-6,8-10H2,1-2H3,(H,16,21)(H,17,18). The number of nitrogens with one attached hydrogen (secondary N) is 2. The van der Waals surface area contributed by atoms with Crippen molar-refractivity contribution in [1.29, 1.82) is 0 Å². The lowest BCUT2D eigenvalue weighted by Crippen LogP contribution is -2.59. The fourth-order valence-electron chi connectivity index (χ4n) is 2.70. The fourth-order valence-corrected chi connectivity index (χ4v) is 3.32. The molecule has 2 rings (SSSR count). The van der Waals surface area contributed by atoms with Gasteiger partial charge in [-0.1, -0.05) is 6.92 Å². The van der Waals surface area contributed by atoms with E-state index in [-0.39, 0.29) is 11.8 Å². The molecule has 7 nitrogen and oxygen atoms in total. The number of methoxy groups -OCH3 is 1. The molecule has 0 unspecified atom stereocenters. The van der Waals surface area contributed by atoms with E-state index in [1.807, 2.05) is 17.2 Å². The monoisotopic (exact) mass is 340 g/mol. The van der Waals surface area contributed by atoms with Crippen LogP contribution in [0.25, 0.3) is 0 Å². The highest BCUT2D eigenvalue weighted by Crippen LogP contribution is 2.28. The third-order valence-electron chi connectivity index (χ3n) is 4.08. The van der Waals surface area contributed by atoms with Gasteiger partial charge in [-0.2, -0.15) is 0 Å². The first kappa shape index (κ1) is 17.7. The highest BCUT2D eigenvalue weighted by atomic mass is 32.1. The second-order valence-corrected chi connectivity index (χ2v) is 6.42. The molecule has 1 aliphatic heterocycles. The molecule has 1 aromatic heterocycles. The Morgan fingerprint density at radius 2 is 2.17 bits per heavy atom. The van der Waals surface area contributed by atoms with E-state index >= 15 is 0 Å². The molecule has 2 heterocycles. The zero-order valence-corrected chi connectivity index (χ0v) is 14.4. The Morgan fingerprint density at radius 3 is 2.74 bits per heavy atom. The van der Waals surface area contributed by atoms with Gasteiger partial charge in [0.2, 0.25) is 11.8 Å².